The molecule has 1 aliphatic rings. The van der Waals surface area contributed by atoms with Crippen LogP contribution in [0.1, 0.15) is 17.9 Å². The number of rotatable bonds is 6. The Kier molecular flexibility index (Phi) is 5.60. The monoisotopic (exact) mass is 297 g/mol. The molecule has 0 aromatic heterocycles. The fourth-order valence-corrected chi connectivity index (χ4v) is 3.94. The highest BCUT2D eigenvalue weighted by Crippen LogP contribution is 2.38. The summed E-state index contributed by atoms with van der Waals surface area (Å²) < 4.78 is 5.08. The number of hydrogen-bond donors (Lipinski definition) is 0. The molecule has 1 atom stereocenters. The van der Waals surface area contributed by atoms with Crippen LogP contribution in [0.3, 0.4) is 0 Å². The van der Waals surface area contributed by atoms with Gasteiger partial charge in [-0.15, -0.1) is 23.5 Å². The van der Waals surface area contributed by atoms with Crippen molar-refractivity contribution in [3.8, 4) is 0 Å². The average Bonchev–Trinajstić information content (AvgIpc) is 2.79. The van der Waals surface area contributed by atoms with E-state index in [4.69, 9.17) is 4.74 Å². The first kappa shape index (κ1) is 14.8. The lowest BCUT2D eigenvalue weighted by Crippen LogP contribution is -2.31. The standard InChI is InChI=1S/C14H19NO2S2/c1-3-18-12-6-4-11(5-7-12)14-15(8-9-17-2)13(16)10-19-14/h4-7,14H,3,8-10H2,1-2H3. The van der Waals surface area contributed by atoms with Gasteiger partial charge >= 0.3 is 0 Å². The van der Waals surface area contributed by atoms with E-state index in [2.05, 4.69) is 31.2 Å². The summed E-state index contributed by atoms with van der Waals surface area (Å²) in [6.07, 6.45) is 0. The highest BCUT2D eigenvalue weighted by Gasteiger charge is 2.32. The molecular formula is C14H19NO2S2. The molecule has 2 rings (SSSR count). The summed E-state index contributed by atoms with van der Waals surface area (Å²) in [6.45, 7) is 3.40. The molecule has 104 valence electrons. The molecule has 1 aliphatic heterocycles. The Labute approximate surface area is 123 Å². The number of carbonyl (C=O) groups is 1. The van der Waals surface area contributed by atoms with Crippen LogP contribution in [0, 0.1) is 0 Å². The second kappa shape index (κ2) is 7.22. The van der Waals surface area contributed by atoms with Crippen LogP contribution in [0.5, 0.6) is 0 Å². The van der Waals surface area contributed by atoms with E-state index in [0.717, 1.165) is 5.75 Å². The lowest BCUT2D eigenvalue weighted by Gasteiger charge is -2.24. The second-order valence-electron chi connectivity index (χ2n) is 4.25. The Bertz CT molecular complexity index is 422. The molecule has 0 aliphatic carbocycles. The number of nitrogens with zero attached hydrogens (tertiary/aromatic N) is 1. The molecule has 1 fully saturated rings. The van der Waals surface area contributed by atoms with Crippen molar-refractivity contribution in [1.82, 2.24) is 4.90 Å². The van der Waals surface area contributed by atoms with E-state index in [1.807, 2.05) is 16.7 Å². The van der Waals surface area contributed by atoms with Gasteiger partial charge < -0.3 is 9.64 Å². The first-order valence-corrected chi connectivity index (χ1v) is 8.42. The van der Waals surface area contributed by atoms with Gasteiger partial charge in [-0.25, -0.2) is 0 Å². The highest BCUT2D eigenvalue weighted by molar-refractivity contribution is 8.00. The van der Waals surface area contributed by atoms with Crippen LogP contribution in [-0.4, -0.2) is 42.6 Å². The van der Waals surface area contributed by atoms with Crippen LogP contribution in [0.25, 0.3) is 0 Å². The van der Waals surface area contributed by atoms with Crippen molar-refractivity contribution in [2.75, 3.05) is 31.8 Å². The minimum absolute atomic E-state index is 0.142. The number of carbonyl (C=O) groups excluding carboxylic acids is 1. The summed E-state index contributed by atoms with van der Waals surface area (Å²) in [7, 11) is 1.67. The third kappa shape index (κ3) is 3.68. The molecule has 0 spiro atoms. The molecule has 0 bridgehead atoms. The molecule has 3 nitrogen and oxygen atoms in total. The van der Waals surface area contributed by atoms with E-state index in [0.29, 0.717) is 18.9 Å². The molecule has 1 heterocycles. The lowest BCUT2D eigenvalue weighted by atomic mass is 10.2. The van der Waals surface area contributed by atoms with Crippen LogP contribution in [0.2, 0.25) is 0 Å². The van der Waals surface area contributed by atoms with Crippen molar-refractivity contribution in [2.24, 2.45) is 0 Å². The van der Waals surface area contributed by atoms with Crippen molar-refractivity contribution in [2.45, 2.75) is 17.2 Å². The fourth-order valence-electron chi connectivity index (χ4n) is 2.06. The quantitative estimate of drug-likeness (QED) is 0.755. The minimum atomic E-state index is 0.142. The fraction of sp³-hybridized carbons (Fsp3) is 0.500. The maximum absolute atomic E-state index is 11.9. The van der Waals surface area contributed by atoms with E-state index >= 15 is 0 Å². The van der Waals surface area contributed by atoms with E-state index in [-0.39, 0.29) is 11.3 Å². The summed E-state index contributed by atoms with van der Waals surface area (Å²) in [6, 6.07) is 8.55. The maximum atomic E-state index is 11.9. The number of benzene rings is 1. The van der Waals surface area contributed by atoms with Crippen LogP contribution < -0.4 is 0 Å². The Balaban J connectivity index is 2.08. The highest BCUT2D eigenvalue weighted by atomic mass is 32.2. The van der Waals surface area contributed by atoms with Gasteiger partial charge in [-0.2, -0.15) is 0 Å². The Hall–Kier alpha value is -0.650. The minimum Gasteiger partial charge on any atom is -0.383 e. The zero-order valence-electron chi connectivity index (χ0n) is 11.3. The number of methoxy groups -OCH3 is 1. The van der Waals surface area contributed by atoms with Crippen molar-refractivity contribution >= 4 is 29.4 Å². The number of thioether (sulfide) groups is 2. The smallest absolute Gasteiger partial charge is 0.233 e. The summed E-state index contributed by atoms with van der Waals surface area (Å²) >= 11 is 3.53. The number of hydrogen-bond acceptors (Lipinski definition) is 4. The van der Waals surface area contributed by atoms with Crippen LogP contribution >= 0.6 is 23.5 Å². The molecule has 0 radical (unpaired) electrons. The van der Waals surface area contributed by atoms with Crippen molar-refractivity contribution in [3.63, 3.8) is 0 Å². The zero-order valence-corrected chi connectivity index (χ0v) is 12.9. The SMILES string of the molecule is CCSc1ccc(C2SCC(=O)N2CCOC)cc1. The van der Waals surface area contributed by atoms with Gasteiger partial charge in [0, 0.05) is 18.6 Å². The molecule has 1 aromatic carbocycles. The summed E-state index contributed by atoms with van der Waals surface area (Å²) in [5.74, 6) is 1.86. The van der Waals surface area contributed by atoms with E-state index in [1.165, 1.54) is 10.5 Å². The third-order valence-corrected chi connectivity index (χ3v) is 5.13. The van der Waals surface area contributed by atoms with Gasteiger partial charge in [0.1, 0.15) is 5.37 Å². The number of ether oxygens (including phenoxy) is 1. The van der Waals surface area contributed by atoms with Gasteiger partial charge in [0.05, 0.1) is 12.4 Å². The average molecular weight is 297 g/mol. The van der Waals surface area contributed by atoms with Gasteiger partial charge in [0.2, 0.25) is 5.91 Å². The zero-order chi connectivity index (χ0) is 13.7. The van der Waals surface area contributed by atoms with Crippen LogP contribution in [-0.2, 0) is 9.53 Å². The second-order valence-corrected chi connectivity index (χ2v) is 6.65. The molecule has 1 saturated heterocycles. The van der Waals surface area contributed by atoms with E-state index in [1.54, 1.807) is 18.9 Å². The summed E-state index contributed by atoms with van der Waals surface area (Å²) in [5, 5.41) is 0.142. The number of amides is 1. The van der Waals surface area contributed by atoms with Gasteiger partial charge in [0.15, 0.2) is 0 Å². The van der Waals surface area contributed by atoms with Gasteiger partial charge in [-0.3, -0.25) is 4.79 Å². The molecular weight excluding hydrogens is 278 g/mol. The van der Waals surface area contributed by atoms with Gasteiger partial charge in [0.25, 0.3) is 0 Å². The molecule has 1 aromatic rings. The molecule has 1 unspecified atom stereocenters. The maximum Gasteiger partial charge on any atom is 0.233 e. The van der Waals surface area contributed by atoms with Crippen molar-refractivity contribution in [3.05, 3.63) is 29.8 Å². The van der Waals surface area contributed by atoms with Crippen LogP contribution in [0.4, 0.5) is 0 Å². The van der Waals surface area contributed by atoms with Crippen molar-refractivity contribution in [1.29, 1.82) is 0 Å². The predicted octanol–water partition coefficient (Wildman–Crippen LogP) is 3.02. The molecule has 0 N–H and O–H groups in total. The lowest BCUT2D eigenvalue weighted by molar-refractivity contribution is -0.128. The Morgan fingerprint density at radius 2 is 2.16 bits per heavy atom. The molecule has 0 saturated carbocycles. The Morgan fingerprint density at radius 1 is 1.42 bits per heavy atom. The van der Waals surface area contributed by atoms with Crippen LogP contribution in [0.15, 0.2) is 29.2 Å². The Morgan fingerprint density at radius 3 is 2.79 bits per heavy atom. The molecule has 19 heavy (non-hydrogen) atoms. The summed E-state index contributed by atoms with van der Waals surface area (Å²) in [5.41, 5.74) is 1.20. The van der Waals surface area contributed by atoms with E-state index in [9.17, 15) is 4.79 Å². The predicted molar refractivity (Wildman–Crippen MR) is 81.6 cm³/mol. The summed E-state index contributed by atoms with van der Waals surface area (Å²) in [4.78, 5) is 15.1. The third-order valence-electron chi connectivity index (χ3n) is 2.98. The normalized spacial score (nSPS) is 19.2. The van der Waals surface area contributed by atoms with Gasteiger partial charge in [-0.1, -0.05) is 19.1 Å². The largest absolute Gasteiger partial charge is 0.383 e. The first-order valence-electron chi connectivity index (χ1n) is 6.39. The first-order chi connectivity index (χ1) is 9.26. The van der Waals surface area contributed by atoms with Gasteiger partial charge in [-0.05, 0) is 23.4 Å². The van der Waals surface area contributed by atoms with E-state index < -0.39 is 0 Å². The molecule has 5 heteroatoms. The molecule has 1 amide bonds. The van der Waals surface area contributed by atoms with Crippen molar-refractivity contribution < 1.29 is 9.53 Å². The topological polar surface area (TPSA) is 29.5 Å².